The number of hydrogen-bond donors (Lipinski definition) is 2. The van der Waals surface area contributed by atoms with Gasteiger partial charge in [-0.1, -0.05) is 12.1 Å². The van der Waals surface area contributed by atoms with E-state index in [0.29, 0.717) is 12.2 Å². The number of ketones is 2. The number of hydrogen-bond acceptors (Lipinski definition) is 4. The number of alkyl halides is 6. The van der Waals surface area contributed by atoms with Crippen LogP contribution in [0, 0.1) is 0 Å². The second kappa shape index (κ2) is 8.07. The van der Waals surface area contributed by atoms with Gasteiger partial charge in [0.25, 0.3) is 11.6 Å². The first-order valence-electron chi connectivity index (χ1n) is 7.02. The summed E-state index contributed by atoms with van der Waals surface area (Å²) in [6, 6.07) is 5.89. The van der Waals surface area contributed by atoms with Crippen molar-refractivity contribution in [3.8, 4) is 0 Å². The van der Waals surface area contributed by atoms with Crippen molar-refractivity contribution in [2.24, 2.45) is 0 Å². The smallest absolute Gasteiger partial charge is 0.357 e. The number of para-hydroxylation sites is 2. The fourth-order valence-electron chi connectivity index (χ4n) is 1.76. The van der Waals surface area contributed by atoms with Crippen LogP contribution in [0.4, 0.5) is 37.7 Å². The van der Waals surface area contributed by atoms with E-state index in [4.69, 9.17) is 0 Å². The quantitative estimate of drug-likeness (QED) is 0.560. The molecule has 4 nitrogen and oxygen atoms in total. The normalized spacial score (nSPS) is 13.4. The minimum Gasteiger partial charge on any atom is -0.357 e. The SMILES string of the molecule is C/C(=C/C(=O)C(F)(F)F)Nc1ccccc1N/C(C)=C\C(=O)C(F)(F)F. The first kappa shape index (κ1) is 21.3. The number of anilines is 2. The first-order chi connectivity index (χ1) is 11.8. The van der Waals surface area contributed by atoms with Crippen LogP contribution in [0.15, 0.2) is 47.8 Å². The lowest BCUT2D eigenvalue weighted by molar-refractivity contribution is -0.165. The van der Waals surface area contributed by atoms with Crippen molar-refractivity contribution in [2.75, 3.05) is 10.6 Å². The van der Waals surface area contributed by atoms with E-state index in [1.165, 1.54) is 38.1 Å². The summed E-state index contributed by atoms with van der Waals surface area (Å²) in [6.45, 7) is 2.44. The minimum absolute atomic E-state index is 0.130. The molecule has 0 heterocycles. The van der Waals surface area contributed by atoms with Gasteiger partial charge in [0, 0.05) is 23.5 Å². The summed E-state index contributed by atoms with van der Waals surface area (Å²) in [5.41, 5.74) is 0.135. The van der Waals surface area contributed by atoms with Crippen LogP contribution in [0.25, 0.3) is 0 Å². The van der Waals surface area contributed by atoms with Crippen LogP contribution in [0.2, 0.25) is 0 Å². The Labute approximate surface area is 144 Å². The van der Waals surface area contributed by atoms with Gasteiger partial charge in [-0.15, -0.1) is 0 Å². The first-order valence-corrected chi connectivity index (χ1v) is 7.02. The molecule has 0 aliphatic rings. The number of carbonyl (C=O) groups excluding carboxylic acids is 2. The van der Waals surface area contributed by atoms with Crippen LogP contribution >= 0.6 is 0 Å². The Balaban J connectivity index is 2.99. The molecule has 0 aromatic heterocycles. The fourth-order valence-corrected chi connectivity index (χ4v) is 1.76. The predicted octanol–water partition coefficient (Wildman–Crippen LogP) is 4.58. The highest BCUT2D eigenvalue weighted by Crippen LogP contribution is 2.25. The lowest BCUT2D eigenvalue weighted by Gasteiger charge is -2.15. The fraction of sp³-hybridized carbons (Fsp3) is 0.250. The highest BCUT2D eigenvalue weighted by atomic mass is 19.4. The standard InChI is InChI=1S/C16H14F6N2O2/c1-9(7-13(25)15(17,18)19)23-11-5-3-4-6-12(11)24-10(2)8-14(26)16(20,21)22/h3-8,23-24H,1-2H3/b9-7-,10-8-. The van der Waals surface area contributed by atoms with Crippen molar-refractivity contribution in [1.29, 1.82) is 0 Å². The van der Waals surface area contributed by atoms with Crippen LogP contribution in [-0.2, 0) is 9.59 Å². The van der Waals surface area contributed by atoms with E-state index in [1.54, 1.807) is 0 Å². The van der Waals surface area contributed by atoms with Gasteiger partial charge in [0.1, 0.15) is 0 Å². The van der Waals surface area contributed by atoms with Crippen LogP contribution in [0.1, 0.15) is 13.8 Å². The number of allylic oxidation sites excluding steroid dienone is 4. The highest BCUT2D eigenvalue weighted by Gasteiger charge is 2.37. The Morgan fingerprint density at radius 1 is 0.769 bits per heavy atom. The predicted molar refractivity (Wildman–Crippen MR) is 83.3 cm³/mol. The van der Waals surface area contributed by atoms with Crippen molar-refractivity contribution in [3.63, 3.8) is 0 Å². The Kier molecular flexibility index (Phi) is 6.60. The average Bonchev–Trinajstić information content (AvgIpc) is 2.47. The maximum Gasteiger partial charge on any atom is 0.454 e. The van der Waals surface area contributed by atoms with Crippen molar-refractivity contribution < 1.29 is 35.9 Å². The number of nitrogens with one attached hydrogen (secondary N) is 2. The lowest BCUT2D eigenvalue weighted by atomic mass is 10.2. The summed E-state index contributed by atoms with van der Waals surface area (Å²) in [7, 11) is 0. The van der Waals surface area contributed by atoms with Gasteiger partial charge < -0.3 is 10.6 Å². The van der Waals surface area contributed by atoms with Gasteiger partial charge in [0.15, 0.2) is 0 Å². The molecule has 1 rings (SSSR count). The zero-order chi connectivity index (χ0) is 20.1. The molecule has 0 saturated heterocycles. The zero-order valence-corrected chi connectivity index (χ0v) is 13.5. The third-order valence-corrected chi connectivity index (χ3v) is 2.84. The Bertz CT molecular complexity index is 685. The topological polar surface area (TPSA) is 58.2 Å². The molecule has 0 atom stereocenters. The van der Waals surface area contributed by atoms with E-state index in [-0.39, 0.29) is 22.8 Å². The van der Waals surface area contributed by atoms with E-state index >= 15 is 0 Å². The molecule has 1 aromatic carbocycles. The highest BCUT2D eigenvalue weighted by molar-refractivity contribution is 5.96. The van der Waals surface area contributed by atoms with Crippen molar-refractivity contribution in [3.05, 3.63) is 47.8 Å². The second-order valence-corrected chi connectivity index (χ2v) is 5.17. The van der Waals surface area contributed by atoms with Gasteiger partial charge in [0.05, 0.1) is 11.4 Å². The van der Waals surface area contributed by atoms with Crippen LogP contribution in [0.3, 0.4) is 0 Å². The van der Waals surface area contributed by atoms with Gasteiger partial charge >= 0.3 is 12.4 Å². The third-order valence-electron chi connectivity index (χ3n) is 2.84. The molecular formula is C16H14F6N2O2. The Hall–Kier alpha value is -2.78. The second-order valence-electron chi connectivity index (χ2n) is 5.17. The van der Waals surface area contributed by atoms with Crippen molar-refractivity contribution in [2.45, 2.75) is 26.2 Å². The molecule has 0 unspecified atom stereocenters. The average molecular weight is 380 g/mol. The molecule has 0 aliphatic heterocycles. The van der Waals surface area contributed by atoms with E-state index in [1.807, 2.05) is 0 Å². The Morgan fingerprint density at radius 2 is 1.08 bits per heavy atom. The molecule has 0 saturated carbocycles. The van der Waals surface area contributed by atoms with Crippen molar-refractivity contribution in [1.82, 2.24) is 0 Å². The van der Waals surface area contributed by atoms with Gasteiger partial charge in [-0.25, -0.2) is 0 Å². The van der Waals surface area contributed by atoms with Gasteiger partial charge in [0.2, 0.25) is 0 Å². The summed E-state index contributed by atoms with van der Waals surface area (Å²) < 4.78 is 73.5. The molecule has 1 aromatic rings. The molecular weight excluding hydrogens is 366 g/mol. The molecule has 0 radical (unpaired) electrons. The molecule has 2 N–H and O–H groups in total. The maximum absolute atomic E-state index is 12.3. The largest absolute Gasteiger partial charge is 0.454 e. The van der Waals surface area contributed by atoms with Gasteiger partial charge in [-0.2, -0.15) is 26.3 Å². The van der Waals surface area contributed by atoms with E-state index < -0.39 is 23.9 Å². The maximum atomic E-state index is 12.3. The summed E-state index contributed by atoms with van der Waals surface area (Å²) >= 11 is 0. The number of halogens is 6. The molecule has 0 amide bonds. The molecule has 0 aliphatic carbocycles. The minimum atomic E-state index is -5.02. The summed E-state index contributed by atoms with van der Waals surface area (Å²) in [6.07, 6.45) is -9.32. The molecule has 10 heteroatoms. The summed E-state index contributed by atoms with van der Waals surface area (Å²) in [5.74, 6) is -4.11. The lowest BCUT2D eigenvalue weighted by Crippen LogP contribution is -2.21. The summed E-state index contributed by atoms with van der Waals surface area (Å²) in [5, 5.41) is 5.09. The van der Waals surface area contributed by atoms with Crippen LogP contribution in [-0.4, -0.2) is 23.9 Å². The van der Waals surface area contributed by atoms with Crippen LogP contribution in [0.5, 0.6) is 0 Å². The molecule has 142 valence electrons. The number of carbonyl (C=O) groups is 2. The monoisotopic (exact) mass is 380 g/mol. The number of benzene rings is 1. The molecule has 0 fully saturated rings. The molecule has 0 spiro atoms. The van der Waals surface area contributed by atoms with Gasteiger partial charge in [-0.3, -0.25) is 9.59 Å². The molecule has 0 bridgehead atoms. The molecule has 26 heavy (non-hydrogen) atoms. The van der Waals surface area contributed by atoms with Crippen LogP contribution < -0.4 is 10.6 Å². The van der Waals surface area contributed by atoms with E-state index in [0.717, 1.165) is 0 Å². The van der Waals surface area contributed by atoms with Crippen molar-refractivity contribution >= 4 is 22.9 Å². The van der Waals surface area contributed by atoms with Gasteiger partial charge in [-0.05, 0) is 26.0 Å². The Morgan fingerprint density at radius 3 is 1.35 bits per heavy atom. The van der Waals surface area contributed by atoms with E-state index in [2.05, 4.69) is 10.6 Å². The zero-order valence-electron chi connectivity index (χ0n) is 13.5. The van der Waals surface area contributed by atoms with E-state index in [9.17, 15) is 35.9 Å². The number of rotatable bonds is 6. The third kappa shape index (κ3) is 6.61. The summed E-state index contributed by atoms with van der Waals surface area (Å²) in [4.78, 5) is 21.9.